The predicted octanol–water partition coefficient (Wildman–Crippen LogP) is 0.585. The molecule has 4 N–H and O–H groups in total. The summed E-state index contributed by atoms with van der Waals surface area (Å²) in [4.78, 5) is 11.6. The van der Waals surface area contributed by atoms with Crippen LogP contribution in [0.3, 0.4) is 0 Å². The third-order valence-corrected chi connectivity index (χ3v) is 3.82. The molecule has 0 radical (unpaired) electrons. The van der Waals surface area contributed by atoms with Crippen LogP contribution in [0.1, 0.15) is 19.8 Å². The van der Waals surface area contributed by atoms with E-state index >= 15 is 0 Å². The van der Waals surface area contributed by atoms with Crippen molar-refractivity contribution in [2.24, 2.45) is 11.7 Å². The molecule has 1 saturated heterocycles. The van der Waals surface area contributed by atoms with E-state index in [1.165, 1.54) is 0 Å². The molecule has 1 rings (SSSR count). The minimum absolute atomic E-state index is 0.315. The van der Waals surface area contributed by atoms with Gasteiger partial charge < -0.3 is 15.9 Å². The summed E-state index contributed by atoms with van der Waals surface area (Å²) in [6.45, 7) is 2.06. The van der Waals surface area contributed by atoms with Crippen molar-refractivity contribution in [2.45, 2.75) is 32.0 Å². The van der Waals surface area contributed by atoms with Crippen LogP contribution in [0.5, 0.6) is 0 Å². The molecule has 0 aromatic carbocycles. The monoisotopic (exact) mass is 259 g/mol. The zero-order chi connectivity index (χ0) is 12.7. The fourth-order valence-corrected chi connectivity index (χ4v) is 2.90. The molecule has 2 atom stereocenters. The molecule has 1 aliphatic rings. The number of hydrogen-bond acceptors (Lipinski definition) is 6. The molecule has 0 aromatic rings. The molecule has 0 spiro atoms. The van der Waals surface area contributed by atoms with Crippen LogP contribution in [0, 0.1) is 11.3 Å². The summed E-state index contributed by atoms with van der Waals surface area (Å²) in [7, 11) is 0. The zero-order valence-corrected chi connectivity index (χ0v) is 11.0. The molecule has 1 fully saturated rings. The van der Waals surface area contributed by atoms with Gasteiger partial charge in [-0.2, -0.15) is 11.8 Å². The van der Waals surface area contributed by atoms with Gasteiger partial charge in [0.2, 0.25) is 0 Å². The van der Waals surface area contributed by atoms with E-state index in [-0.39, 0.29) is 0 Å². The van der Waals surface area contributed by atoms with E-state index < -0.39 is 18.1 Å². The molecule has 1 aliphatic heterocycles. The highest BCUT2D eigenvalue weighted by Gasteiger charge is 2.27. The highest BCUT2D eigenvalue weighted by Crippen LogP contribution is 2.17. The number of carbonyl (C=O) groups excluding carboxylic acids is 1. The Morgan fingerprint density at radius 1 is 1.65 bits per heavy atom. The number of thioether (sulfide) groups is 1. The maximum Gasteiger partial charge on any atom is 0.317 e. The highest BCUT2D eigenvalue weighted by molar-refractivity contribution is 7.99. The van der Waals surface area contributed by atoms with Gasteiger partial charge in [0.25, 0.3) is 0 Å². The Morgan fingerprint density at radius 2 is 2.29 bits per heavy atom. The lowest BCUT2D eigenvalue weighted by atomic mass is 10.1. The Labute approximate surface area is 106 Å². The maximum atomic E-state index is 11.6. The van der Waals surface area contributed by atoms with Gasteiger partial charge in [-0.1, -0.05) is 0 Å². The van der Waals surface area contributed by atoms with Crippen LogP contribution < -0.4 is 11.1 Å². The van der Waals surface area contributed by atoms with Crippen molar-refractivity contribution < 1.29 is 9.53 Å². The lowest BCUT2D eigenvalue weighted by Gasteiger charge is -2.28. The summed E-state index contributed by atoms with van der Waals surface area (Å²) in [5.41, 5.74) is 5.92. The summed E-state index contributed by atoms with van der Waals surface area (Å²) in [5.74, 6) is 1.13. The fraction of sp³-hybridized carbons (Fsp3) is 0.818. The van der Waals surface area contributed by atoms with E-state index in [1.54, 1.807) is 6.92 Å². The largest absolute Gasteiger partial charge is 0.465 e. The van der Waals surface area contributed by atoms with Gasteiger partial charge in [-0.3, -0.25) is 10.1 Å². The van der Waals surface area contributed by atoms with Crippen molar-refractivity contribution in [3.05, 3.63) is 0 Å². The van der Waals surface area contributed by atoms with Gasteiger partial charge in [-0.15, -0.1) is 0 Å². The van der Waals surface area contributed by atoms with Crippen LogP contribution in [-0.2, 0) is 9.53 Å². The van der Waals surface area contributed by atoms with Crippen molar-refractivity contribution in [1.29, 1.82) is 5.41 Å². The molecule has 0 bridgehead atoms. The average Bonchev–Trinajstić information content (AvgIpc) is 2.31. The molecule has 2 unspecified atom stereocenters. The zero-order valence-electron chi connectivity index (χ0n) is 10.1. The molecule has 1 heterocycles. The Morgan fingerprint density at radius 3 is 2.82 bits per heavy atom. The van der Waals surface area contributed by atoms with Crippen LogP contribution in [0.2, 0.25) is 0 Å². The van der Waals surface area contributed by atoms with Crippen molar-refractivity contribution in [3.8, 4) is 0 Å². The van der Waals surface area contributed by atoms with Gasteiger partial charge in [0, 0.05) is 12.3 Å². The number of nitrogens with two attached hydrogens (primary N) is 1. The van der Waals surface area contributed by atoms with E-state index in [1.807, 2.05) is 11.8 Å². The van der Waals surface area contributed by atoms with Crippen molar-refractivity contribution in [3.63, 3.8) is 0 Å². The molecular weight excluding hydrogens is 238 g/mol. The highest BCUT2D eigenvalue weighted by atomic mass is 32.2. The van der Waals surface area contributed by atoms with E-state index in [0.29, 0.717) is 12.6 Å². The molecule has 5 nitrogen and oxygen atoms in total. The first kappa shape index (κ1) is 14.5. The molecular formula is C11H21N3O2S. The van der Waals surface area contributed by atoms with Crippen LogP contribution in [-0.4, -0.2) is 42.5 Å². The summed E-state index contributed by atoms with van der Waals surface area (Å²) in [6.07, 6.45) is 2.66. The summed E-state index contributed by atoms with van der Waals surface area (Å²) < 4.78 is 4.89. The second kappa shape index (κ2) is 7.68. The van der Waals surface area contributed by atoms with Crippen LogP contribution in [0.15, 0.2) is 0 Å². The van der Waals surface area contributed by atoms with Gasteiger partial charge >= 0.3 is 5.97 Å². The Kier molecular flexibility index (Phi) is 6.54. The SMILES string of the molecule is CCOC(=O)C(C=N)C(N)NC1CCSCC1. The number of hydrogen-bond donors (Lipinski definition) is 3. The van der Waals surface area contributed by atoms with Crippen LogP contribution in [0.4, 0.5) is 0 Å². The summed E-state index contributed by atoms with van der Waals surface area (Å²) in [5, 5.41) is 10.5. The smallest absolute Gasteiger partial charge is 0.317 e. The Bertz CT molecular complexity index is 257. The third kappa shape index (κ3) is 4.65. The lowest BCUT2D eigenvalue weighted by molar-refractivity contribution is -0.146. The predicted molar refractivity (Wildman–Crippen MR) is 70.4 cm³/mol. The molecule has 0 aliphatic carbocycles. The number of ether oxygens (including phenoxy) is 1. The van der Waals surface area contributed by atoms with Gasteiger partial charge in [-0.25, -0.2) is 0 Å². The normalized spacial score (nSPS) is 20.6. The standard InChI is InChI=1S/C11H21N3O2S/c1-2-16-11(15)9(7-12)10(13)14-8-3-5-17-6-4-8/h7-10,12,14H,2-6,13H2,1H3. The maximum absolute atomic E-state index is 11.6. The van der Waals surface area contributed by atoms with E-state index in [9.17, 15) is 4.79 Å². The van der Waals surface area contributed by atoms with Gasteiger partial charge in [0.1, 0.15) is 5.92 Å². The van der Waals surface area contributed by atoms with Crippen molar-refractivity contribution in [1.82, 2.24) is 5.32 Å². The second-order valence-corrected chi connectivity index (χ2v) is 5.25. The summed E-state index contributed by atoms with van der Waals surface area (Å²) >= 11 is 1.94. The second-order valence-electron chi connectivity index (χ2n) is 4.02. The first-order valence-corrected chi connectivity index (χ1v) is 7.11. The van der Waals surface area contributed by atoms with Crippen molar-refractivity contribution in [2.75, 3.05) is 18.1 Å². The topological polar surface area (TPSA) is 88.2 Å². The Hall–Kier alpha value is -0.590. The number of rotatable bonds is 6. The quantitative estimate of drug-likeness (QED) is 0.369. The van der Waals surface area contributed by atoms with Gasteiger partial charge in [0.15, 0.2) is 0 Å². The van der Waals surface area contributed by atoms with Crippen LogP contribution in [0.25, 0.3) is 0 Å². The molecule has 6 heteroatoms. The Balaban J connectivity index is 2.44. The minimum atomic E-state index is -0.690. The fourth-order valence-electron chi connectivity index (χ4n) is 1.80. The first-order valence-electron chi connectivity index (χ1n) is 5.95. The minimum Gasteiger partial charge on any atom is -0.465 e. The lowest BCUT2D eigenvalue weighted by Crippen LogP contribution is -2.52. The summed E-state index contributed by atoms with van der Waals surface area (Å²) in [6, 6.07) is 0.350. The molecule has 0 saturated carbocycles. The van der Waals surface area contributed by atoms with Crippen LogP contribution >= 0.6 is 11.8 Å². The molecule has 0 aromatic heterocycles. The average molecular weight is 259 g/mol. The number of carbonyl (C=O) groups is 1. The third-order valence-electron chi connectivity index (χ3n) is 2.77. The van der Waals surface area contributed by atoms with E-state index in [2.05, 4.69) is 5.32 Å². The van der Waals surface area contributed by atoms with Crippen molar-refractivity contribution >= 4 is 23.9 Å². The number of esters is 1. The van der Waals surface area contributed by atoms with Gasteiger partial charge in [0.05, 0.1) is 12.8 Å². The molecule has 98 valence electrons. The van der Waals surface area contributed by atoms with E-state index in [4.69, 9.17) is 15.9 Å². The van der Waals surface area contributed by atoms with E-state index in [0.717, 1.165) is 30.6 Å². The number of nitrogens with one attached hydrogen (secondary N) is 2. The molecule has 17 heavy (non-hydrogen) atoms. The first-order chi connectivity index (χ1) is 8.19. The van der Waals surface area contributed by atoms with Gasteiger partial charge in [-0.05, 0) is 31.3 Å². The molecule has 0 amide bonds.